The number of hydrogen-bond acceptors (Lipinski definition) is 2. The van der Waals surface area contributed by atoms with Crippen molar-refractivity contribution in [1.82, 2.24) is 10.2 Å². The van der Waals surface area contributed by atoms with Gasteiger partial charge in [-0.1, -0.05) is 44.2 Å². The predicted molar refractivity (Wildman–Crippen MR) is 89.5 cm³/mol. The van der Waals surface area contributed by atoms with E-state index in [0.29, 0.717) is 12.1 Å². The van der Waals surface area contributed by atoms with Gasteiger partial charge in [0.15, 0.2) is 0 Å². The van der Waals surface area contributed by atoms with Crippen LogP contribution in [-0.2, 0) is 6.42 Å². The molecule has 0 spiro atoms. The highest BCUT2D eigenvalue weighted by molar-refractivity contribution is 5.16. The lowest BCUT2D eigenvalue weighted by atomic mass is 9.93. The second-order valence-corrected chi connectivity index (χ2v) is 7.38. The van der Waals surface area contributed by atoms with Crippen LogP contribution in [0.4, 0.5) is 0 Å². The van der Waals surface area contributed by atoms with Gasteiger partial charge in [-0.3, -0.25) is 4.90 Å². The number of rotatable bonds is 5. The molecule has 21 heavy (non-hydrogen) atoms. The second kappa shape index (κ2) is 6.50. The molecule has 1 heterocycles. The molecular weight excluding hydrogens is 256 g/mol. The van der Waals surface area contributed by atoms with Gasteiger partial charge in [-0.15, -0.1) is 0 Å². The van der Waals surface area contributed by atoms with Crippen LogP contribution in [0.1, 0.15) is 39.2 Å². The van der Waals surface area contributed by atoms with Crippen LogP contribution >= 0.6 is 0 Å². The quantitative estimate of drug-likeness (QED) is 0.893. The average Bonchev–Trinajstić information content (AvgIpc) is 3.32. The molecule has 1 aromatic rings. The van der Waals surface area contributed by atoms with Crippen molar-refractivity contribution in [1.29, 1.82) is 0 Å². The van der Waals surface area contributed by atoms with Gasteiger partial charge in [0.1, 0.15) is 0 Å². The van der Waals surface area contributed by atoms with E-state index in [2.05, 4.69) is 61.3 Å². The Morgan fingerprint density at radius 3 is 2.48 bits per heavy atom. The Hall–Kier alpha value is -0.860. The zero-order valence-electron chi connectivity index (χ0n) is 13.8. The van der Waals surface area contributed by atoms with Gasteiger partial charge in [0.25, 0.3) is 0 Å². The van der Waals surface area contributed by atoms with Gasteiger partial charge >= 0.3 is 0 Å². The minimum absolute atomic E-state index is 0.601. The number of benzene rings is 1. The molecule has 3 atom stereocenters. The van der Waals surface area contributed by atoms with Crippen molar-refractivity contribution in [2.45, 2.75) is 58.2 Å². The molecule has 1 saturated heterocycles. The summed E-state index contributed by atoms with van der Waals surface area (Å²) in [6, 6.07) is 13.0. The summed E-state index contributed by atoms with van der Waals surface area (Å²) in [5, 5.41) is 3.80. The summed E-state index contributed by atoms with van der Waals surface area (Å²) < 4.78 is 0. The summed E-state index contributed by atoms with van der Waals surface area (Å²) in [5.74, 6) is 1.69. The number of nitrogens with one attached hydrogen (secondary N) is 1. The van der Waals surface area contributed by atoms with Gasteiger partial charge in [-0.25, -0.2) is 0 Å². The molecule has 2 nitrogen and oxygen atoms in total. The predicted octanol–water partition coefficient (Wildman–Crippen LogP) is 3.33. The number of hydrogen-bond donors (Lipinski definition) is 1. The highest BCUT2D eigenvalue weighted by atomic mass is 15.3. The minimum atomic E-state index is 0.601. The maximum Gasteiger partial charge on any atom is 0.0247 e. The van der Waals surface area contributed by atoms with Crippen LogP contribution in [0.2, 0.25) is 0 Å². The zero-order chi connectivity index (χ0) is 14.8. The Labute approximate surface area is 129 Å². The molecule has 1 saturated carbocycles. The first-order valence-corrected chi connectivity index (χ1v) is 8.68. The molecule has 0 bridgehead atoms. The molecule has 2 aliphatic rings. The van der Waals surface area contributed by atoms with Crippen molar-refractivity contribution in [3.63, 3.8) is 0 Å². The Kier molecular flexibility index (Phi) is 4.66. The van der Waals surface area contributed by atoms with E-state index in [1.54, 1.807) is 0 Å². The van der Waals surface area contributed by atoms with Crippen LogP contribution < -0.4 is 5.32 Å². The van der Waals surface area contributed by atoms with Gasteiger partial charge in [0, 0.05) is 31.2 Å². The largest absolute Gasteiger partial charge is 0.311 e. The minimum Gasteiger partial charge on any atom is -0.311 e. The molecule has 1 aliphatic carbocycles. The lowest BCUT2D eigenvalue weighted by Gasteiger charge is -2.46. The number of nitrogens with zero attached hydrogens (tertiary/aromatic N) is 1. The van der Waals surface area contributed by atoms with E-state index in [4.69, 9.17) is 0 Å². The molecule has 1 N–H and O–H groups in total. The summed E-state index contributed by atoms with van der Waals surface area (Å²) in [6.45, 7) is 9.55. The molecule has 2 heteroatoms. The molecule has 116 valence electrons. The lowest BCUT2D eigenvalue weighted by Crippen LogP contribution is -2.61. The van der Waals surface area contributed by atoms with Crippen molar-refractivity contribution in [3.8, 4) is 0 Å². The van der Waals surface area contributed by atoms with Crippen molar-refractivity contribution in [2.75, 3.05) is 13.1 Å². The van der Waals surface area contributed by atoms with Crippen molar-refractivity contribution >= 4 is 0 Å². The third-order valence-electron chi connectivity index (χ3n) is 5.39. The van der Waals surface area contributed by atoms with E-state index in [1.807, 2.05) is 0 Å². The first-order chi connectivity index (χ1) is 10.1. The van der Waals surface area contributed by atoms with E-state index < -0.39 is 0 Å². The molecule has 0 radical (unpaired) electrons. The fourth-order valence-electron chi connectivity index (χ4n) is 3.83. The molecule has 2 fully saturated rings. The monoisotopic (exact) mass is 286 g/mol. The molecule has 0 aromatic heterocycles. The first-order valence-electron chi connectivity index (χ1n) is 8.68. The highest BCUT2D eigenvalue weighted by Crippen LogP contribution is 2.37. The lowest BCUT2D eigenvalue weighted by molar-refractivity contribution is 0.0535. The van der Waals surface area contributed by atoms with Crippen LogP contribution in [0.5, 0.6) is 0 Å². The topological polar surface area (TPSA) is 15.3 Å². The SMILES string of the molecule is CC(C)C1CNC(Cc2ccccc2)CN1C(C)C1CC1. The van der Waals surface area contributed by atoms with Crippen LogP contribution in [0.25, 0.3) is 0 Å². The van der Waals surface area contributed by atoms with E-state index in [-0.39, 0.29) is 0 Å². The summed E-state index contributed by atoms with van der Waals surface area (Å²) in [5.41, 5.74) is 1.46. The van der Waals surface area contributed by atoms with Crippen molar-refractivity contribution in [2.24, 2.45) is 11.8 Å². The molecule has 3 unspecified atom stereocenters. The number of piperazine rings is 1. The Balaban J connectivity index is 1.66. The molecule has 1 aromatic carbocycles. The van der Waals surface area contributed by atoms with Crippen LogP contribution in [0.3, 0.4) is 0 Å². The highest BCUT2D eigenvalue weighted by Gasteiger charge is 2.39. The maximum atomic E-state index is 3.80. The average molecular weight is 286 g/mol. The van der Waals surface area contributed by atoms with E-state index >= 15 is 0 Å². The Morgan fingerprint density at radius 1 is 1.14 bits per heavy atom. The van der Waals surface area contributed by atoms with Gasteiger partial charge in [0.2, 0.25) is 0 Å². The van der Waals surface area contributed by atoms with Crippen LogP contribution in [0, 0.1) is 11.8 Å². The third-order valence-corrected chi connectivity index (χ3v) is 5.39. The summed E-state index contributed by atoms with van der Waals surface area (Å²) in [6.07, 6.45) is 4.04. The van der Waals surface area contributed by atoms with Crippen LogP contribution in [-0.4, -0.2) is 36.1 Å². The third kappa shape index (κ3) is 3.67. The van der Waals surface area contributed by atoms with E-state index in [0.717, 1.165) is 30.8 Å². The standard InChI is InChI=1S/C19H30N2/c1-14(2)19-12-20-18(11-16-7-5-4-6-8-16)13-21(19)15(3)17-9-10-17/h4-8,14-15,17-20H,9-13H2,1-3H3. The van der Waals surface area contributed by atoms with Gasteiger partial charge in [0.05, 0.1) is 0 Å². The zero-order valence-corrected chi connectivity index (χ0v) is 13.8. The molecule has 1 aliphatic heterocycles. The molecular formula is C19H30N2. The van der Waals surface area contributed by atoms with Crippen LogP contribution in [0.15, 0.2) is 30.3 Å². The van der Waals surface area contributed by atoms with E-state index in [1.165, 1.54) is 24.9 Å². The first kappa shape index (κ1) is 15.1. The normalized spacial score (nSPS) is 28.8. The Morgan fingerprint density at radius 2 is 1.86 bits per heavy atom. The summed E-state index contributed by atoms with van der Waals surface area (Å²) >= 11 is 0. The van der Waals surface area contributed by atoms with Gasteiger partial charge in [-0.2, -0.15) is 0 Å². The smallest absolute Gasteiger partial charge is 0.0247 e. The molecule has 3 rings (SSSR count). The van der Waals surface area contributed by atoms with Gasteiger partial charge < -0.3 is 5.32 Å². The maximum absolute atomic E-state index is 3.80. The Bertz CT molecular complexity index is 438. The fourth-order valence-corrected chi connectivity index (χ4v) is 3.83. The molecule has 0 amide bonds. The van der Waals surface area contributed by atoms with Crippen molar-refractivity contribution in [3.05, 3.63) is 35.9 Å². The van der Waals surface area contributed by atoms with E-state index in [9.17, 15) is 0 Å². The van der Waals surface area contributed by atoms with Crippen molar-refractivity contribution < 1.29 is 0 Å². The second-order valence-electron chi connectivity index (χ2n) is 7.38. The van der Waals surface area contributed by atoms with Gasteiger partial charge in [-0.05, 0) is 43.6 Å². The fraction of sp³-hybridized carbons (Fsp3) is 0.684. The summed E-state index contributed by atoms with van der Waals surface area (Å²) in [4.78, 5) is 2.81. The summed E-state index contributed by atoms with van der Waals surface area (Å²) in [7, 11) is 0.